The van der Waals surface area contributed by atoms with E-state index in [-0.39, 0.29) is 0 Å². The van der Waals surface area contributed by atoms with Gasteiger partial charge >= 0.3 is 6.09 Å². The zero-order valence-electron chi connectivity index (χ0n) is 15.0. The lowest BCUT2D eigenvalue weighted by molar-refractivity contribution is -0.117. The fourth-order valence-corrected chi connectivity index (χ4v) is 2.18. The largest absolute Gasteiger partial charge is 0.444 e. The van der Waals surface area contributed by atoms with Gasteiger partial charge in [-0.15, -0.1) is 0 Å². The van der Waals surface area contributed by atoms with Crippen LogP contribution in [-0.2, 0) is 9.53 Å². The third-order valence-corrected chi connectivity index (χ3v) is 3.29. The van der Waals surface area contributed by atoms with Crippen molar-refractivity contribution in [3.63, 3.8) is 0 Å². The summed E-state index contributed by atoms with van der Waals surface area (Å²) in [4.78, 5) is 37.5. The molecule has 0 aliphatic heterocycles. The van der Waals surface area contributed by atoms with Crippen LogP contribution in [-0.4, -0.2) is 29.4 Å². The number of para-hydroxylation sites is 1. The highest BCUT2D eigenvalue weighted by Crippen LogP contribution is 2.11. The fraction of sp³-hybridized carbons (Fsp3) is 0.250. The van der Waals surface area contributed by atoms with Gasteiger partial charge in [0.2, 0.25) is 0 Å². The highest BCUT2D eigenvalue weighted by Gasteiger charge is 2.31. The molecule has 2 aromatic carbocycles. The normalized spacial score (nSPS) is 12.0. The Hall–Kier alpha value is -3.15. The topological polar surface area (TPSA) is 84.5 Å². The molecule has 6 heteroatoms. The fourth-order valence-electron chi connectivity index (χ4n) is 2.18. The summed E-state index contributed by atoms with van der Waals surface area (Å²) in [6.07, 6.45) is -0.838. The minimum absolute atomic E-state index is 0.316. The van der Waals surface area contributed by atoms with Gasteiger partial charge in [-0.25, -0.2) is 4.79 Å². The zero-order valence-corrected chi connectivity index (χ0v) is 15.0. The van der Waals surface area contributed by atoms with Crippen LogP contribution in [0.1, 0.15) is 31.1 Å². The summed E-state index contributed by atoms with van der Waals surface area (Å²) in [5.41, 5.74) is 0.0893. The number of alkyl carbamates (subject to hydrolysis) is 1. The van der Waals surface area contributed by atoms with Crippen LogP contribution in [0.5, 0.6) is 0 Å². The second-order valence-corrected chi connectivity index (χ2v) is 6.66. The van der Waals surface area contributed by atoms with Crippen LogP contribution >= 0.6 is 0 Å². The summed E-state index contributed by atoms with van der Waals surface area (Å²) in [6, 6.07) is 15.6. The molecule has 0 aliphatic carbocycles. The number of hydrogen-bond acceptors (Lipinski definition) is 4. The van der Waals surface area contributed by atoms with Crippen molar-refractivity contribution in [3.05, 3.63) is 66.2 Å². The van der Waals surface area contributed by atoms with Gasteiger partial charge in [-0.1, -0.05) is 48.5 Å². The van der Waals surface area contributed by atoms with Gasteiger partial charge in [0.1, 0.15) is 5.60 Å². The van der Waals surface area contributed by atoms with E-state index in [1.165, 1.54) is 0 Å². The van der Waals surface area contributed by atoms with Crippen molar-refractivity contribution in [2.24, 2.45) is 0 Å². The molecule has 0 saturated carbocycles. The number of ketones is 1. The summed E-state index contributed by atoms with van der Waals surface area (Å²) in [6.45, 7) is 5.10. The van der Waals surface area contributed by atoms with Gasteiger partial charge in [0.15, 0.2) is 11.8 Å². The van der Waals surface area contributed by atoms with Gasteiger partial charge in [0.05, 0.1) is 0 Å². The second-order valence-electron chi connectivity index (χ2n) is 6.66. The van der Waals surface area contributed by atoms with E-state index >= 15 is 0 Å². The number of carbonyl (C=O) groups excluding carboxylic acids is 3. The predicted molar refractivity (Wildman–Crippen MR) is 99.0 cm³/mol. The van der Waals surface area contributed by atoms with E-state index < -0.39 is 29.4 Å². The molecule has 0 spiro atoms. The van der Waals surface area contributed by atoms with Crippen molar-refractivity contribution in [3.8, 4) is 0 Å². The van der Waals surface area contributed by atoms with Crippen LogP contribution in [0.15, 0.2) is 60.7 Å². The Kier molecular flexibility index (Phi) is 6.11. The van der Waals surface area contributed by atoms with E-state index in [9.17, 15) is 14.4 Å². The van der Waals surface area contributed by atoms with Gasteiger partial charge in [0.25, 0.3) is 5.91 Å². The Morgan fingerprint density at radius 2 is 1.42 bits per heavy atom. The standard InChI is InChI=1S/C20H22N2O4/c1-20(2,3)26-19(25)22-16(17(23)14-10-6-4-7-11-14)18(24)21-15-12-8-5-9-13-15/h4-13,16H,1-3H3,(H,21,24)(H,22,25). The average molecular weight is 354 g/mol. The molecule has 1 unspecified atom stereocenters. The number of ether oxygens (including phenoxy) is 1. The van der Waals surface area contributed by atoms with Crippen molar-refractivity contribution in [1.29, 1.82) is 0 Å². The molecule has 26 heavy (non-hydrogen) atoms. The maximum atomic E-state index is 12.7. The van der Waals surface area contributed by atoms with E-state index in [1.807, 2.05) is 0 Å². The smallest absolute Gasteiger partial charge is 0.408 e. The molecule has 0 saturated heterocycles. The monoisotopic (exact) mass is 354 g/mol. The van der Waals surface area contributed by atoms with Crippen LogP contribution in [0, 0.1) is 0 Å². The molecule has 1 atom stereocenters. The lowest BCUT2D eigenvalue weighted by Gasteiger charge is -2.23. The van der Waals surface area contributed by atoms with Gasteiger partial charge < -0.3 is 15.4 Å². The number of rotatable bonds is 5. The maximum absolute atomic E-state index is 12.7. The first-order valence-corrected chi connectivity index (χ1v) is 8.21. The molecule has 0 aromatic heterocycles. The van der Waals surface area contributed by atoms with Crippen LogP contribution in [0.25, 0.3) is 0 Å². The van der Waals surface area contributed by atoms with Crippen LogP contribution in [0.3, 0.4) is 0 Å². The molecule has 0 aliphatic rings. The molecule has 2 N–H and O–H groups in total. The highest BCUT2D eigenvalue weighted by atomic mass is 16.6. The van der Waals surface area contributed by atoms with Gasteiger partial charge in [0, 0.05) is 11.3 Å². The minimum atomic E-state index is -1.41. The molecule has 6 nitrogen and oxygen atoms in total. The van der Waals surface area contributed by atoms with Crippen molar-refractivity contribution in [2.75, 3.05) is 5.32 Å². The van der Waals surface area contributed by atoms with Crippen LogP contribution < -0.4 is 10.6 Å². The van der Waals surface area contributed by atoms with Crippen LogP contribution in [0.4, 0.5) is 10.5 Å². The number of hydrogen-bond donors (Lipinski definition) is 2. The maximum Gasteiger partial charge on any atom is 0.408 e. The highest BCUT2D eigenvalue weighted by molar-refractivity contribution is 6.18. The SMILES string of the molecule is CC(C)(C)OC(=O)NC(C(=O)Nc1ccccc1)C(=O)c1ccccc1. The molecule has 2 aromatic rings. The Balaban J connectivity index is 2.21. The molecule has 0 heterocycles. The minimum Gasteiger partial charge on any atom is -0.444 e. The Labute approximate surface area is 152 Å². The summed E-state index contributed by atoms with van der Waals surface area (Å²) in [5, 5.41) is 5.00. The lowest BCUT2D eigenvalue weighted by atomic mass is 10.0. The molecule has 2 rings (SSSR count). The van der Waals surface area contributed by atoms with E-state index in [1.54, 1.807) is 81.4 Å². The number of anilines is 1. The van der Waals surface area contributed by atoms with Crippen molar-refractivity contribution in [2.45, 2.75) is 32.4 Å². The molecule has 0 radical (unpaired) electrons. The average Bonchev–Trinajstić information content (AvgIpc) is 2.59. The molecule has 0 fully saturated rings. The first kappa shape index (κ1) is 19.2. The summed E-state index contributed by atoms with van der Waals surface area (Å²) >= 11 is 0. The quantitative estimate of drug-likeness (QED) is 0.637. The number of nitrogens with one attached hydrogen (secondary N) is 2. The number of carbonyl (C=O) groups is 3. The summed E-state index contributed by atoms with van der Waals surface area (Å²) in [7, 11) is 0. The first-order chi connectivity index (χ1) is 12.3. The Morgan fingerprint density at radius 1 is 0.885 bits per heavy atom. The number of amides is 2. The summed E-state index contributed by atoms with van der Waals surface area (Å²) < 4.78 is 5.17. The lowest BCUT2D eigenvalue weighted by Crippen LogP contribution is -2.50. The van der Waals surface area contributed by atoms with Crippen molar-refractivity contribution in [1.82, 2.24) is 5.32 Å². The van der Waals surface area contributed by atoms with E-state index in [0.717, 1.165) is 0 Å². The molecule has 136 valence electrons. The summed E-state index contributed by atoms with van der Waals surface area (Å²) in [5.74, 6) is -1.17. The predicted octanol–water partition coefficient (Wildman–Crippen LogP) is 3.40. The van der Waals surface area contributed by atoms with Crippen LogP contribution in [0.2, 0.25) is 0 Å². The van der Waals surface area contributed by atoms with Crippen molar-refractivity contribution >= 4 is 23.5 Å². The van der Waals surface area contributed by atoms with Gasteiger partial charge in [-0.3, -0.25) is 9.59 Å². The van der Waals surface area contributed by atoms with Gasteiger partial charge in [-0.05, 0) is 32.9 Å². The molecular formula is C20H22N2O4. The number of benzene rings is 2. The van der Waals surface area contributed by atoms with E-state index in [2.05, 4.69) is 10.6 Å². The third-order valence-electron chi connectivity index (χ3n) is 3.29. The molecular weight excluding hydrogens is 332 g/mol. The van der Waals surface area contributed by atoms with Gasteiger partial charge in [-0.2, -0.15) is 0 Å². The molecule has 2 amide bonds. The van der Waals surface area contributed by atoms with E-state index in [0.29, 0.717) is 11.3 Å². The second kappa shape index (κ2) is 8.29. The number of Topliss-reactive ketones (excluding diaryl/α,β-unsaturated/α-hetero) is 1. The Bertz CT molecular complexity index is 767. The van der Waals surface area contributed by atoms with E-state index in [4.69, 9.17) is 4.74 Å². The third kappa shape index (κ3) is 5.73. The van der Waals surface area contributed by atoms with Crippen molar-refractivity contribution < 1.29 is 19.1 Å². The Morgan fingerprint density at radius 3 is 1.96 bits per heavy atom. The molecule has 0 bridgehead atoms. The zero-order chi connectivity index (χ0) is 19.2. The first-order valence-electron chi connectivity index (χ1n) is 8.21.